The van der Waals surface area contributed by atoms with Crippen molar-refractivity contribution in [2.75, 3.05) is 30.4 Å². The molecule has 0 aromatic carbocycles. The molecule has 0 bridgehead atoms. The number of carbonyl (C=O) groups excluding carboxylic acids is 3. The van der Waals surface area contributed by atoms with Crippen molar-refractivity contribution >= 4 is 63.2 Å². The predicted molar refractivity (Wildman–Crippen MR) is 158 cm³/mol. The first-order valence-electron chi connectivity index (χ1n) is 12.4. The van der Waals surface area contributed by atoms with E-state index in [2.05, 4.69) is 39.9 Å². The minimum absolute atomic E-state index is 0.0216. The van der Waals surface area contributed by atoms with Gasteiger partial charge in [0.1, 0.15) is 0 Å². The summed E-state index contributed by atoms with van der Waals surface area (Å²) in [5, 5.41) is 3.87. The summed E-state index contributed by atoms with van der Waals surface area (Å²) in [6, 6.07) is 0. The highest BCUT2D eigenvalue weighted by molar-refractivity contribution is 8.14. The summed E-state index contributed by atoms with van der Waals surface area (Å²) in [5.74, 6) is 2.63. The molecule has 0 heterocycles. The highest BCUT2D eigenvalue weighted by Crippen LogP contribution is 2.31. The van der Waals surface area contributed by atoms with E-state index in [1.807, 2.05) is 32.5 Å². The van der Waals surface area contributed by atoms with Gasteiger partial charge in [-0.15, -0.1) is 0 Å². The predicted octanol–water partition coefficient (Wildman–Crippen LogP) is 6.68. The molecule has 0 rings (SSSR count). The zero-order chi connectivity index (χ0) is 26.6. The van der Waals surface area contributed by atoms with E-state index in [9.17, 15) is 14.4 Å². The second-order valence-corrected chi connectivity index (χ2v) is 14.7. The smallest absolute Gasteiger partial charge is 0.216 e. The highest BCUT2D eigenvalue weighted by Gasteiger charge is 2.24. The summed E-state index contributed by atoms with van der Waals surface area (Å²) >= 11 is 6.36. The van der Waals surface area contributed by atoms with Crippen molar-refractivity contribution in [1.29, 1.82) is 0 Å². The summed E-state index contributed by atoms with van der Waals surface area (Å²) < 4.78 is 5.76. The molecule has 3 unspecified atom stereocenters. The number of hydrogen-bond acceptors (Lipinski definition) is 8. The molecule has 0 aliphatic rings. The number of ether oxygens (including phenoxy) is 1. The SMILES string of the molecule is CC.CCSC(C)CC(=O)SCCC(C)OCCC(C)(C)SC(=O)CC(C)SCCNC(C)=O. The molecule has 0 radical (unpaired) electrons. The fourth-order valence-electron chi connectivity index (χ4n) is 2.75. The van der Waals surface area contributed by atoms with Gasteiger partial charge in [-0.05, 0) is 25.5 Å². The maximum absolute atomic E-state index is 12.4. The van der Waals surface area contributed by atoms with E-state index in [-0.39, 0.29) is 32.2 Å². The Morgan fingerprint density at radius 2 is 1.53 bits per heavy atom. The molecule has 34 heavy (non-hydrogen) atoms. The number of thioether (sulfide) groups is 4. The Morgan fingerprint density at radius 1 is 0.941 bits per heavy atom. The van der Waals surface area contributed by atoms with Crippen LogP contribution in [0.15, 0.2) is 0 Å². The van der Waals surface area contributed by atoms with Gasteiger partial charge in [-0.1, -0.05) is 72.0 Å². The van der Waals surface area contributed by atoms with E-state index in [1.165, 1.54) is 30.4 Å². The molecule has 0 aromatic rings. The number of nitrogens with one attached hydrogen (secondary N) is 1. The lowest BCUT2D eigenvalue weighted by molar-refractivity contribution is -0.119. The van der Waals surface area contributed by atoms with Gasteiger partial charge in [0, 0.05) is 59.7 Å². The van der Waals surface area contributed by atoms with Crippen LogP contribution in [0.2, 0.25) is 0 Å². The Kier molecular flexibility index (Phi) is 23.9. The van der Waals surface area contributed by atoms with Gasteiger partial charge in [-0.25, -0.2) is 0 Å². The van der Waals surface area contributed by atoms with E-state index in [4.69, 9.17) is 4.74 Å². The maximum Gasteiger partial charge on any atom is 0.216 e. The van der Waals surface area contributed by atoms with Crippen LogP contribution in [0.3, 0.4) is 0 Å². The molecule has 0 aliphatic heterocycles. The van der Waals surface area contributed by atoms with Gasteiger partial charge in [-0.2, -0.15) is 23.5 Å². The average Bonchev–Trinajstić information content (AvgIpc) is 2.72. The Morgan fingerprint density at radius 3 is 2.12 bits per heavy atom. The first kappa shape index (κ1) is 36.3. The van der Waals surface area contributed by atoms with Crippen LogP contribution in [0.5, 0.6) is 0 Å². The molecule has 0 aliphatic carbocycles. The lowest BCUT2D eigenvalue weighted by Crippen LogP contribution is -2.24. The molecule has 3 atom stereocenters. The van der Waals surface area contributed by atoms with Gasteiger partial charge < -0.3 is 10.1 Å². The van der Waals surface area contributed by atoms with Gasteiger partial charge >= 0.3 is 0 Å². The largest absolute Gasteiger partial charge is 0.378 e. The van der Waals surface area contributed by atoms with E-state index < -0.39 is 0 Å². The van der Waals surface area contributed by atoms with Gasteiger partial charge in [-0.3, -0.25) is 14.4 Å². The summed E-state index contributed by atoms with van der Waals surface area (Å²) in [4.78, 5) is 35.3. The highest BCUT2D eigenvalue weighted by atomic mass is 32.2. The summed E-state index contributed by atoms with van der Waals surface area (Å²) in [5.41, 5.74) is 0. The third kappa shape index (κ3) is 23.9. The third-order valence-corrected chi connectivity index (χ3v) is 8.85. The molecular formula is C25H49NO4S4. The van der Waals surface area contributed by atoms with Crippen LogP contribution in [0, 0.1) is 0 Å². The minimum atomic E-state index is -0.171. The Bertz CT molecular complexity index is 561. The van der Waals surface area contributed by atoms with Crippen LogP contribution < -0.4 is 5.32 Å². The van der Waals surface area contributed by atoms with E-state index in [1.54, 1.807) is 11.8 Å². The zero-order valence-corrected chi connectivity index (χ0v) is 26.1. The number of amides is 1. The molecule has 5 nitrogen and oxygen atoms in total. The van der Waals surface area contributed by atoms with Crippen molar-refractivity contribution in [2.45, 2.75) is 109 Å². The van der Waals surface area contributed by atoms with Crippen LogP contribution >= 0.6 is 47.0 Å². The summed E-state index contributed by atoms with van der Waals surface area (Å²) in [6.07, 6.45) is 2.91. The lowest BCUT2D eigenvalue weighted by atomic mass is 10.1. The first-order chi connectivity index (χ1) is 15.9. The van der Waals surface area contributed by atoms with Gasteiger partial charge in [0.05, 0.1) is 6.10 Å². The third-order valence-electron chi connectivity index (χ3n) is 4.52. The second kappa shape index (κ2) is 22.4. The van der Waals surface area contributed by atoms with Crippen molar-refractivity contribution < 1.29 is 19.1 Å². The Hall–Kier alpha value is 0.170. The molecule has 9 heteroatoms. The average molecular weight is 556 g/mol. The Labute approximate surface area is 226 Å². The molecule has 202 valence electrons. The fourth-order valence-corrected chi connectivity index (χ4v) is 6.87. The minimum Gasteiger partial charge on any atom is -0.378 e. The van der Waals surface area contributed by atoms with E-state index in [0.717, 1.165) is 30.1 Å². The second-order valence-electron chi connectivity index (χ2n) is 8.51. The summed E-state index contributed by atoms with van der Waals surface area (Å²) in [6.45, 7) is 19.3. The maximum atomic E-state index is 12.4. The van der Waals surface area contributed by atoms with Crippen molar-refractivity contribution in [1.82, 2.24) is 5.32 Å². The summed E-state index contributed by atoms with van der Waals surface area (Å²) in [7, 11) is 0. The molecule has 1 amide bonds. The molecule has 0 aromatic heterocycles. The lowest BCUT2D eigenvalue weighted by Gasteiger charge is -2.24. The quantitative estimate of drug-likeness (QED) is 0.188. The van der Waals surface area contributed by atoms with Crippen molar-refractivity contribution in [3.8, 4) is 0 Å². The normalized spacial score (nSPS) is 13.9. The van der Waals surface area contributed by atoms with Crippen LogP contribution in [0.25, 0.3) is 0 Å². The monoisotopic (exact) mass is 555 g/mol. The van der Waals surface area contributed by atoms with Crippen LogP contribution in [0.4, 0.5) is 0 Å². The van der Waals surface area contributed by atoms with Crippen molar-refractivity contribution in [2.24, 2.45) is 0 Å². The van der Waals surface area contributed by atoms with Crippen molar-refractivity contribution in [3.63, 3.8) is 0 Å². The molecule has 0 saturated heterocycles. The van der Waals surface area contributed by atoms with Gasteiger partial charge in [0.15, 0.2) is 10.2 Å². The number of hydrogen-bond donors (Lipinski definition) is 1. The van der Waals surface area contributed by atoms with Crippen LogP contribution in [-0.4, -0.2) is 67.9 Å². The van der Waals surface area contributed by atoms with Crippen LogP contribution in [0.1, 0.15) is 88.0 Å². The zero-order valence-electron chi connectivity index (χ0n) is 22.9. The number of carbonyl (C=O) groups is 3. The van der Waals surface area contributed by atoms with Crippen LogP contribution in [-0.2, 0) is 19.1 Å². The molecule has 0 spiro atoms. The topological polar surface area (TPSA) is 72.5 Å². The molecule has 1 N–H and O–H groups in total. The molecule has 0 saturated carbocycles. The fraction of sp³-hybridized carbons (Fsp3) is 0.880. The van der Waals surface area contributed by atoms with Gasteiger partial charge in [0.25, 0.3) is 0 Å². The standard InChI is InChI=1S/C23H43NO4S4.C2H6/c1-8-29-18(3)15-21(26)31-13-9-17(2)28-12-10-23(6,7)32-22(27)16-19(4)30-14-11-24-20(5)25;1-2/h17-19H,8-16H2,1-7H3,(H,24,25);1-2H3. The van der Waals surface area contributed by atoms with Gasteiger partial charge in [0.2, 0.25) is 5.91 Å². The van der Waals surface area contributed by atoms with E-state index >= 15 is 0 Å². The number of rotatable bonds is 18. The van der Waals surface area contributed by atoms with Crippen molar-refractivity contribution in [3.05, 3.63) is 0 Å². The molecular weight excluding hydrogens is 507 g/mol. The molecule has 0 fully saturated rings. The Balaban J connectivity index is 0. The van der Waals surface area contributed by atoms with E-state index in [0.29, 0.717) is 31.2 Å². The first-order valence-corrected chi connectivity index (χ1v) is 16.3.